The third-order valence-corrected chi connectivity index (χ3v) is 5.45. The summed E-state index contributed by atoms with van der Waals surface area (Å²) in [6.45, 7) is 11.3. The molecule has 0 radical (unpaired) electrons. The van der Waals surface area contributed by atoms with E-state index in [-0.39, 0.29) is 0 Å². The van der Waals surface area contributed by atoms with Crippen LogP contribution in [0.25, 0.3) is 26.8 Å². The van der Waals surface area contributed by atoms with Crippen LogP contribution in [-0.2, 0) is 6.42 Å². The van der Waals surface area contributed by atoms with Crippen LogP contribution in [0.15, 0.2) is 35.0 Å². The van der Waals surface area contributed by atoms with E-state index in [1.807, 2.05) is 37.4 Å². The summed E-state index contributed by atoms with van der Waals surface area (Å²) in [5.41, 5.74) is 4.30. The minimum absolute atomic E-state index is 0.334. The van der Waals surface area contributed by atoms with Crippen molar-refractivity contribution in [2.24, 2.45) is 0 Å². The Labute approximate surface area is 162 Å². The molecule has 0 amide bonds. The SMILES string of the molecule is [C-]#[N+]c1ccc2ncc3nc(Cc4cc(C)on4)n(C4CCN(C)C4)c3c2c1. The molecule has 7 nitrogen and oxygen atoms in total. The Morgan fingerprint density at radius 2 is 2.18 bits per heavy atom. The maximum atomic E-state index is 7.39. The highest BCUT2D eigenvalue weighted by Gasteiger charge is 2.27. The van der Waals surface area contributed by atoms with Crippen LogP contribution in [0, 0.1) is 13.5 Å². The Morgan fingerprint density at radius 1 is 1.29 bits per heavy atom. The van der Waals surface area contributed by atoms with Gasteiger partial charge in [0.15, 0.2) is 5.69 Å². The minimum atomic E-state index is 0.334. The number of aromatic nitrogens is 4. The first-order valence-electron chi connectivity index (χ1n) is 9.40. The van der Waals surface area contributed by atoms with Crippen molar-refractivity contribution in [3.8, 4) is 0 Å². The molecule has 5 rings (SSSR count). The van der Waals surface area contributed by atoms with Gasteiger partial charge in [-0.1, -0.05) is 11.2 Å². The molecule has 1 fully saturated rings. The molecule has 1 atom stereocenters. The van der Waals surface area contributed by atoms with Gasteiger partial charge in [-0.2, -0.15) is 0 Å². The van der Waals surface area contributed by atoms with Crippen molar-refractivity contribution in [2.75, 3.05) is 20.1 Å². The average molecular weight is 372 g/mol. The van der Waals surface area contributed by atoms with Gasteiger partial charge >= 0.3 is 0 Å². The molecule has 4 heterocycles. The van der Waals surface area contributed by atoms with Crippen LogP contribution in [0.2, 0.25) is 0 Å². The summed E-state index contributed by atoms with van der Waals surface area (Å²) in [4.78, 5) is 15.4. The van der Waals surface area contributed by atoms with Crippen molar-refractivity contribution in [3.05, 3.63) is 59.2 Å². The molecule has 0 saturated carbocycles. The molecule has 140 valence electrons. The Morgan fingerprint density at radius 3 is 2.89 bits per heavy atom. The van der Waals surface area contributed by atoms with Gasteiger partial charge in [-0.15, -0.1) is 0 Å². The molecule has 7 heteroatoms. The summed E-state index contributed by atoms with van der Waals surface area (Å²) in [7, 11) is 2.15. The fourth-order valence-electron chi connectivity index (χ4n) is 4.19. The second kappa shape index (κ2) is 6.43. The predicted molar refractivity (Wildman–Crippen MR) is 106 cm³/mol. The van der Waals surface area contributed by atoms with Gasteiger partial charge in [0.2, 0.25) is 0 Å². The van der Waals surface area contributed by atoms with E-state index in [0.717, 1.165) is 58.7 Å². The molecule has 0 aliphatic carbocycles. The Bertz CT molecular complexity index is 1230. The first kappa shape index (κ1) is 16.9. The Kier molecular flexibility index (Phi) is 3.88. The molecule has 0 bridgehead atoms. The monoisotopic (exact) mass is 372 g/mol. The Balaban J connectivity index is 1.76. The first-order chi connectivity index (χ1) is 13.6. The number of likely N-dealkylation sites (tertiary alicyclic amines) is 1. The molecule has 28 heavy (non-hydrogen) atoms. The van der Waals surface area contributed by atoms with E-state index in [1.165, 1.54) is 0 Å². The molecule has 1 saturated heterocycles. The second-order valence-corrected chi connectivity index (χ2v) is 7.51. The van der Waals surface area contributed by atoms with Crippen molar-refractivity contribution in [3.63, 3.8) is 0 Å². The standard InChI is InChI=1S/C21H20N6O/c1-13-8-15(25-28-13)10-20-24-19-11-23-18-5-4-14(22-2)9-17(18)21(19)27(20)16-6-7-26(3)12-16/h4-5,8-9,11,16H,6-7,10,12H2,1,3H3. The number of benzene rings is 1. The van der Waals surface area contributed by atoms with Crippen LogP contribution in [0.1, 0.15) is 29.7 Å². The summed E-state index contributed by atoms with van der Waals surface area (Å²) in [5.74, 6) is 1.76. The average Bonchev–Trinajstić information content (AvgIpc) is 3.39. The van der Waals surface area contributed by atoms with Crippen LogP contribution < -0.4 is 0 Å². The smallest absolute Gasteiger partial charge is 0.188 e. The number of aryl methyl sites for hydroxylation is 1. The van der Waals surface area contributed by atoms with E-state index in [2.05, 4.69) is 31.5 Å². The number of hydrogen-bond donors (Lipinski definition) is 0. The molecule has 1 aliphatic rings. The minimum Gasteiger partial charge on any atom is -0.361 e. The summed E-state index contributed by atoms with van der Waals surface area (Å²) in [6, 6.07) is 7.95. The van der Waals surface area contributed by atoms with Crippen LogP contribution in [0.4, 0.5) is 5.69 Å². The van der Waals surface area contributed by atoms with E-state index in [1.54, 1.807) is 0 Å². The van der Waals surface area contributed by atoms with Crippen molar-refractivity contribution in [2.45, 2.75) is 25.8 Å². The topological polar surface area (TPSA) is 64.3 Å². The van der Waals surface area contributed by atoms with Crippen LogP contribution in [0.3, 0.4) is 0 Å². The van der Waals surface area contributed by atoms with Gasteiger partial charge in [-0.3, -0.25) is 4.98 Å². The van der Waals surface area contributed by atoms with E-state index >= 15 is 0 Å². The van der Waals surface area contributed by atoms with Gasteiger partial charge in [-0.05, 0) is 39.1 Å². The first-order valence-corrected chi connectivity index (χ1v) is 9.40. The highest BCUT2D eigenvalue weighted by molar-refractivity contribution is 6.03. The quantitative estimate of drug-likeness (QED) is 0.510. The molecule has 0 spiro atoms. The number of imidazole rings is 1. The number of rotatable bonds is 3. The van der Waals surface area contributed by atoms with Crippen LogP contribution >= 0.6 is 0 Å². The van der Waals surface area contributed by atoms with E-state index in [9.17, 15) is 0 Å². The van der Waals surface area contributed by atoms with E-state index in [4.69, 9.17) is 16.1 Å². The fraction of sp³-hybridized carbons (Fsp3) is 0.333. The van der Waals surface area contributed by atoms with Crippen LogP contribution in [0.5, 0.6) is 0 Å². The summed E-state index contributed by atoms with van der Waals surface area (Å²) in [6.07, 6.45) is 3.51. The van der Waals surface area contributed by atoms with Crippen molar-refractivity contribution >= 4 is 27.6 Å². The van der Waals surface area contributed by atoms with Gasteiger partial charge < -0.3 is 14.0 Å². The van der Waals surface area contributed by atoms with Gasteiger partial charge in [0.05, 0.1) is 35.9 Å². The lowest BCUT2D eigenvalue weighted by Crippen LogP contribution is -2.18. The number of nitrogens with zero attached hydrogens (tertiary/aromatic N) is 6. The number of hydrogen-bond acceptors (Lipinski definition) is 5. The zero-order valence-corrected chi connectivity index (χ0v) is 15.9. The molecule has 0 N–H and O–H groups in total. The van der Waals surface area contributed by atoms with E-state index < -0.39 is 0 Å². The highest BCUT2D eigenvalue weighted by atomic mass is 16.5. The van der Waals surface area contributed by atoms with Gasteiger partial charge in [0, 0.05) is 24.0 Å². The largest absolute Gasteiger partial charge is 0.361 e. The number of pyridine rings is 1. The van der Waals surface area contributed by atoms with Crippen molar-refractivity contribution in [1.29, 1.82) is 0 Å². The lowest BCUT2D eigenvalue weighted by Gasteiger charge is -2.17. The normalized spacial score (nSPS) is 17.5. The van der Waals surface area contributed by atoms with Crippen molar-refractivity contribution in [1.82, 2.24) is 24.6 Å². The molecule has 1 aliphatic heterocycles. The molecule has 4 aromatic rings. The zero-order chi connectivity index (χ0) is 19.3. The second-order valence-electron chi connectivity index (χ2n) is 7.51. The molecule has 3 aromatic heterocycles. The van der Waals surface area contributed by atoms with Crippen LogP contribution in [-0.4, -0.2) is 44.7 Å². The lowest BCUT2D eigenvalue weighted by atomic mass is 10.1. The third kappa shape index (κ3) is 2.74. The molecule has 1 aromatic carbocycles. The fourth-order valence-corrected chi connectivity index (χ4v) is 4.19. The number of fused-ring (bicyclic) bond motifs is 3. The van der Waals surface area contributed by atoms with Crippen molar-refractivity contribution < 1.29 is 4.52 Å². The molecular formula is C21H20N6O. The maximum Gasteiger partial charge on any atom is 0.188 e. The maximum absolute atomic E-state index is 7.39. The van der Waals surface area contributed by atoms with Gasteiger partial charge in [0.1, 0.15) is 17.1 Å². The zero-order valence-electron chi connectivity index (χ0n) is 15.9. The summed E-state index contributed by atoms with van der Waals surface area (Å²) in [5, 5.41) is 5.14. The lowest BCUT2D eigenvalue weighted by molar-refractivity contribution is 0.387. The summed E-state index contributed by atoms with van der Waals surface area (Å²) < 4.78 is 7.60. The molecular weight excluding hydrogens is 352 g/mol. The third-order valence-electron chi connectivity index (χ3n) is 5.45. The predicted octanol–water partition coefficient (Wildman–Crippen LogP) is 3.90. The highest BCUT2D eigenvalue weighted by Crippen LogP contribution is 2.33. The molecule has 1 unspecified atom stereocenters. The number of likely N-dealkylation sites (N-methyl/N-ethyl adjacent to an activating group) is 1. The van der Waals surface area contributed by atoms with Gasteiger partial charge in [-0.25, -0.2) is 9.83 Å². The summed E-state index contributed by atoms with van der Waals surface area (Å²) >= 11 is 0. The van der Waals surface area contributed by atoms with Gasteiger partial charge in [0.25, 0.3) is 0 Å². The van der Waals surface area contributed by atoms with E-state index in [0.29, 0.717) is 18.2 Å². The Hall–Kier alpha value is -3.24.